The van der Waals surface area contributed by atoms with Crippen molar-refractivity contribution in [2.45, 2.75) is 19.3 Å². The summed E-state index contributed by atoms with van der Waals surface area (Å²) >= 11 is 0. The number of nitrogens with one attached hydrogen (secondary N) is 1. The maximum absolute atomic E-state index is 11.5. The van der Waals surface area contributed by atoms with Crippen LogP contribution in [0.25, 0.3) is 0 Å². The van der Waals surface area contributed by atoms with E-state index >= 15 is 0 Å². The van der Waals surface area contributed by atoms with E-state index < -0.39 is 0 Å². The Bertz CT molecular complexity index is 184. The molecule has 3 nitrogen and oxygen atoms in total. The van der Waals surface area contributed by atoms with E-state index in [2.05, 4.69) is 16.8 Å². The highest BCUT2D eigenvalue weighted by Crippen LogP contribution is 1.98. The third kappa shape index (κ3) is 4.53. The van der Waals surface area contributed by atoms with Crippen LogP contribution in [0.3, 0.4) is 0 Å². The van der Waals surface area contributed by atoms with Crippen molar-refractivity contribution in [1.29, 1.82) is 0 Å². The molecule has 1 fully saturated rings. The van der Waals surface area contributed by atoms with Crippen molar-refractivity contribution in [3.63, 3.8) is 0 Å². The van der Waals surface area contributed by atoms with Crippen LogP contribution in [0.5, 0.6) is 0 Å². The van der Waals surface area contributed by atoms with Gasteiger partial charge in [0.25, 0.3) is 0 Å². The van der Waals surface area contributed by atoms with Crippen molar-refractivity contribution in [3.05, 3.63) is 12.7 Å². The molecule has 0 aromatic carbocycles. The molecular formula is C11H20N2O. The fraction of sp³-hybridized carbons (Fsp3) is 0.727. The fourth-order valence-electron chi connectivity index (χ4n) is 1.65. The van der Waals surface area contributed by atoms with Crippen molar-refractivity contribution in [2.24, 2.45) is 0 Å². The second-order valence-corrected chi connectivity index (χ2v) is 3.75. The molecule has 0 unspecified atom stereocenters. The van der Waals surface area contributed by atoms with Crippen molar-refractivity contribution >= 4 is 5.78 Å². The van der Waals surface area contributed by atoms with Crippen LogP contribution >= 0.6 is 0 Å². The van der Waals surface area contributed by atoms with Crippen molar-refractivity contribution in [1.82, 2.24) is 10.2 Å². The minimum atomic E-state index is 0.340. The van der Waals surface area contributed by atoms with Crippen molar-refractivity contribution in [3.8, 4) is 0 Å². The number of hydrogen-bond donors (Lipinski definition) is 1. The molecule has 0 saturated carbocycles. The molecule has 0 radical (unpaired) electrons. The van der Waals surface area contributed by atoms with E-state index in [0.717, 1.165) is 39.0 Å². The molecule has 1 heterocycles. The predicted molar refractivity (Wildman–Crippen MR) is 58.4 cm³/mol. The zero-order chi connectivity index (χ0) is 10.2. The monoisotopic (exact) mass is 196 g/mol. The summed E-state index contributed by atoms with van der Waals surface area (Å²) in [6.07, 6.45) is 4.41. The summed E-state index contributed by atoms with van der Waals surface area (Å²) < 4.78 is 0. The SMILES string of the molecule is C=CCCC(=O)CN1CCCNCC1. The summed E-state index contributed by atoms with van der Waals surface area (Å²) in [6.45, 7) is 8.38. The molecule has 0 spiro atoms. The molecule has 0 bridgehead atoms. The number of carbonyl (C=O) groups excluding carboxylic acids is 1. The summed E-state index contributed by atoms with van der Waals surface area (Å²) in [5.74, 6) is 0.340. The molecule has 0 aromatic heterocycles. The summed E-state index contributed by atoms with van der Waals surface area (Å²) in [5.41, 5.74) is 0. The number of nitrogens with zero attached hydrogens (tertiary/aromatic N) is 1. The molecule has 3 heteroatoms. The van der Waals surface area contributed by atoms with Crippen LogP contribution in [0.15, 0.2) is 12.7 Å². The van der Waals surface area contributed by atoms with Crippen LogP contribution in [0.4, 0.5) is 0 Å². The van der Waals surface area contributed by atoms with Gasteiger partial charge in [0.1, 0.15) is 5.78 Å². The molecule has 80 valence electrons. The van der Waals surface area contributed by atoms with Gasteiger partial charge in [-0.15, -0.1) is 6.58 Å². The van der Waals surface area contributed by atoms with Crippen LogP contribution in [-0.4, -0.2) is 43.4 Å². The highest BCUT2D eigenvalue weighted by atomic mass is 16.1. The fourth-order valence-corrected chi connectivity index (χ4v) is 1.65. The number of Topliss-reactive ketones (excluding diaryl/α,β-unsaturated/α-hetero) is 1. The second-order valence-electron chi connectivity index (χ2n) is 3.75. The van der Waals surface area contributed by atoms with Gasteiger partial charge in [0.2, 0.25) is 0 Å². The molecule has 0 aromatic rings. The second kappa shape index (κ2) is 6.74. The number of carbonyl (C=O) groups is 1. The van der Waals surface area contributed by atoms with Gasteiger partial charge in [-0.25, -0.2) is 0 Å². The first-order chi connectivity index (χ1) is 6.83. The molecule has 1 N–H and O–H groups in total. The highest BCUT2D eigenvalue weighted by molar-refractivity contribution is 5.80. The van der Waals surface area contributed by atoms with Gasteiger partial charge in [0.15, 0.2) is 0 Å². The Hall–Kier alpha value is -0.670. The first kappa shape index (κ1) is 11.4. The Balaban J connectivity index is 2.20. The number of ketones is 1. The van der Waals surface area contributed by atoms with Crippen LogP contribution in [-0.2, 0) is 4.79 Å². The van der Waals surface area contributed by atoms with Gasteiger partial charge in [-0.3, -0.25) is 9.69 Å². The van der Waals surface area contributed by atoms with E-state index in [0.29, 0.717) is 18.7 Å². The van der Waals surface area contributed by atoms with Gasteiger partial charge in [-0.1, -0.05) is 6.08 Å². The molecule has 0 aliphatic carbocycles. The van der Waals surface area contributed by atoms with E-state index in [1.54, 1.807) is 0 Å². The molecule has 1 aliphatic rings. The maximum Gasteiger partial charge on any atom is 0.147 e. The van der Waals surface area contributed by atoms with Gasteiger partial charge in [0, 0.05) is 19.5 Å². The van der Waals surface area contributed by atoms with E-state index in [1.165, 1.54) is 0 Å². The van der Waals surface area contributed by atoms with E-state index in [-0.39, 0.29) is 0 Å². The number of rotatable bonds is 5. The molecule has 1 rings (SSSR count). The largest absolute Gasteiger partial charge is 0.315 e. The molecule has 1 aliphatic heterocycles. The topological polar surface area (TPSA) is 32.3 Å². The lowest BCUT2D eigenvalue weighted by Crippen LogP contribution is -2.32. The lowest BCUT2D eigenvalue weighted by Gasteiger charge is -2.17. The Morgan fingerprint density at radius 2 is 2.29 bits per heavy atom. The summed E-state index contributed by atoms with van der Waals surface area (Å²) in [6, 6.07) is 0. The Kier molecular flexibility index (Phi) is 5.49. The highest BCUT2D eigenvalue weighted by Gasteiger charge is 2.11. The summed E-state index contributed by atoms with van der Waals surface area (Å²) in [5, 5.41) is 3.32. The van der Waals surface area contributed by atoms with Gasteiger partial charge in [-0.05, 0) is 25.9 Å². The third-order valence-electron chi connectivity index (χ3n) is 2.46. The predicted octanol–water partition coefficient (Wildman–Crippen LogP) is 0.817. The van der Waals surface area contributed by atoms with Gasteiger partial charge < -0.3 is 5.32 Å². The molecule has 0 amide bonds. The minimum absolute atomic E-state index is 0.340. The maximum atomic E-state index is 11.5. The van der Waals surface area contributed by atoms with Crippen molar-refractivity contribution in [2.75, 3.05) is 32.7 Å². The Labute approximate surface area is 86.2 Å². The minimum Gasteiger partial charge on any atom is -0.315 e. The molecular weight excluding hydrogens is 176 g/mol. The normalized spacial score (nSPS) is 18.9. The molecule has 1 saturated heterocycles. The molecule has 0 atom stereocenters. The lowest BCUT2D eigenvalue weighted by molar-refractivity contribution is -0.120. The number of hydrogen-bond acceptors (Lipinski definition) is 3. The van der Waals surface area contributed by atoms with E-state index in [9.17, 15) is 4.79 Å². The van der Waals surface area contributed by atoms with Gasteiger partial charge in [-0.2, -0.15) is 0 Å². The average molecular weight is 196 g/mol. The lowest BCUT2D eigenvalue weighted by atomic mass is 10.2. The van der Waals surface area contributed by atoms with Crippen LogP contribution in [0.2, 0.25) is 0 Å². The first-order valence-corrected chi connectivity index (χ1v) is 5.38. The Morgan fingerprint density at radius 1 is 1.43 bits per heavy atom. The van der Waals surface area contributed by atoms with Gasteiger partial charge in [0.05, 0.1) is 6.54 Å². The molecule has 14 heavy (non-hydrogen) atoms. The zero-order valence-electron chi connectivity index (χ0n) is 8.80. The third-order valence-corrected chi connectivity index (χ3v) is 2.46. The summed E-state index contributed by atoms with van der Waals surface area (Å²) in [7, 11) is 0. The zero-order valence-corrected chi connectivity index (χ0v) is 8.80. The van der Waals surface area contributed by atoms with E-state index in [4.69, 9.17) is 0 Å². The van der Waals surface area contributed by atoms with Crippen molar-refractivity contribution < 1.29 is 4.79 Å². The number of allylic oxidation sites excluding steroid dienone is 1. The van der Waals surface area contributed by atoms with Crippen LogP contribution in [0.1, 0.15) is 19.3 Å². The quantitative estimate of drug-likeness (QED) is 0.661. The van der Waals surface area contributed by atoms with E-state index in [1.807, 2.05) is 6.08 Å². The van der Waals surface area contributed by atoms with Gasteiger partial charge >= 0.3 is 0 Å². The smallest absolute Gasteiger partial charge is 0.147 e. The van der Waals surface area contributed by atoms with Crippen LogP contribution < -0.4 is 5.32 Å². The first-order valence-electron chi connectivity index (χ1n) is 5.38. The standard InChI is InChI=1S/C11H20N2O/c1-2-3-5-11(14)10-13-8-4-6-12-7-9-13/h2,12H,1,3-10H2. The average Bonchev–Trinajstić information content (AvgIpc) is 2.43. The Morgan fingerprint density at radius 3 is 3.07 bits per heavy atom. The van der Waals surface area contributed by atoms with Crippen LogP contribution in [0, 0.1) is 0 Å². The summed E-state index contributed by atoms with van der Waals surface area (Å²) in [4.78, 5) is 13.7.